The number of aliphatic carboxylic acids is 1. The molecule has 2 aliphatic rings. The van der Waals surface area contributed by atoms with Gasteiger partial charge >= 0.3 is 12.1 Å². The first kappa shape index (κ1) is 20.4. The number of methoxy groups -OCH3 is 1. The van der Waals surface area contributed by atoms with Gasteiger partial charge in [0.05, 0.1) is 6.20 Å². The van der Waals surface area contributed by atoms with E-state index in [1.807, 2.05) is 12.4 Å². The van der Waals surface area contributed by atoms with Gasteiger partial charge in [0, 0.05) is 26.0 Å². The first-order chi connectivity index (χ1) is 12.3. The molecule has 9 heteroatoms. The van der Waals surface area contributed by atoms with Crippen LogP contribution in [-0.2, 0) is 9.53 Å². The van der Waals surface area contributed by atoms with Crippen LogP contribution in [0.2, 0.25) is 0 Å². The Balaban J connectivity index is 0.000000298. The van der Waals surface area contributed by atoms with Gasteiger partial charge in [0.1, 0.15) is 12.4 Å². The second-order valence-electron chi connectivity index (χ2n) is 6.39. The van der Waals surface area contributed by atoms with Crippen molar-refractivity contribution < 1.29 is 32.5 Å². The highest BCUT2D eigenvalue weighted by molar-refractivity contribution is 5.73. The van der Waals surface area contributed by atoms with Gasteiger partial charge in [-0.3, -0.25) is 4.98 Å². The van der Waals surface area contributed by atoms with Gasteiger partial charge in [0.2, 0.25) is 0 Å². The lowest BCUT2D eigenvalue weighted by Crippen LogP contribution is -2.46. The Kier molecular flexibility index (Phi) is 7.22. The quantitative estimate of drug-likeness (QED) is 0.761. The molecule has 1 aliphatic heterocycles. The van der Waals surface area contributed by atoms with E-state index >= 15 is 0 Å². The molecule has 26 heavy (non-hydrogen) atoms. The number of ether oxygens (including phenoxy) is 2. The Morgan fingerprint density at radius 1 is 1.42 bits per heavy atom. The fraction of sp³-hybridized carbons (Fsp3) is 0.647. The van der Waals surface area contributed by atoms with Crippen LogP contribution in [-0.4, -0.2) is 55.1 Å². The molecule has 2 heterocycles. The molecule has 2 fully saturated rings. The molecule has 6 nitrogen and oxygen atoms in total. The van der Waals surface area contributed by atoms with Crippen LogP contribution in [0.25, 0.3) is 0 Å². The number of pyridine rings is 1. The van der Waals surface area contributed by atoms with E-state index in [4.69, 9.17) is 19.4 Å². The van der Waals surface area contributed by atoms with Crippen molar-refractivity contribution in [2.45, 2.75) is 37.4 Å². The van der Waals surface area contributed by atoms with Crippen molar-refractivity contribution >= 4 is 5.97 Å². The van der Waals surface area contributed by atoms with E-state index in [0.29, 0.717) is 12.0 Å². The normalized spacial score (nSPS) is 24.1. The van der Waals surface area contributed by atoms with Gasteiger partial charge in [-0.25, -0.2) is 4.79 Å². The first-order valence-corrected chi connectivity index (χ1v) is 8.41. The molecular formula is C17H23F3N2O4. The summed E-state index contributed by atoms with van der Waals surface area (Å²) in [7, 11) is 1.77. The minimum Gasteiger partial charge on any atom is -0.490 e. The molecule has 1 aromatic rings. The standard InChI is InChI=1S/C15H22N2O2.C2HF3O2/c1-18-5-3-11-7-15(11)12-6-14(9-16-8-12)19-10-13-2-4-17-13;3-2(4,5)1(6)7/h6,8-9,11,13,15,17H,2-5,7,10H2,1H3;(H,6,7)/t11-,13-,15-;/m0./s1. The number of halogens is 3. The molecule has 3 rings (SSSR count). The molecule has 0 bridgehead atoms. The SMILES string of the molecule is COCC[C@H]1C[C@@H]1c1cncc(OC[C@@H]2CCN2)c1.O=C(O)C(F)(F)F. The number of carboxylic acids is 1. The Morgan fingerprint density at radius 2 is 2.12 bits per heavy atom. The smallest absolute Gasteiger partial charge is 0.490 e. The van der Waals surface area contributed by atoms with Gasteiger partial charge in [0.15, 0.2) is 0 Å². The summed E-state index contributed by atoms with van der Waals surface area (Å²) in [6, 6.07) is 2.68. The van der Waals surface area contributed by atoms with Crippen LogP contribution in [0.15, 0.2) is 18.5 Å². The van der Waals surface area contributed by atoms with Crippen LogP contribution in [0, 0.1) is 5.92 Å². The molecule has 0 radical (unpaired) electrons. The second-order valence-corrected chi connectivity index (χ2v) is 6.39. The molecule has 2 N–H and O–H groups in total. The maximum absolute atomic E-state index is 10.6. The third kappa shape index (κ3) is 6.45. The van der Waals surface area contributed by atoms with Gasteiger partial charge in [-0.2, -0.15) is 13.2 Å². The lowest BCUT2D eigenvalue weighted by atomic mass is 10.1. The number of carboxylic acid groups (broad SMARTS) is 1. The molecule has 0 spiro atoms. The highest BCUT2D eigenvalue weighted by Gasteiger charge is 2.38. The second kappa shape index (κ2) is 9.18. The predicted octanol–water partition coefficient (Wildman–Crippen LogP) is 2.60. The van der Waals surface area contributed by atoms with Crippen LogP contribution in [0.4, 0.5) is 13.2 Å². The summed E-state index contributed by atoms with van der Waals surface area (Å²) < 4.78 is 42.7. The Hall–Kier alpha value is -1.87. The van der Waals surface area contributed by atoms with E-state index in [-0.39, 0.29) is 0 Å². The Labute approximate surface area is 149 Å². The minimum atomic E-state index is -5.08. The first-order valence-electron chi connectivity index (χ1n) is 8.41. The number of hydrogen-bond acceptors (Lipinski definition) is 5. The summed E-state index contributed by atoms with van der Waals surface area (Å²) in [5.74, 6) is -0.422. The zero-order valence-corrected chi connectivity index (χ0v) is 14.5. The van der Waals surface area contributed by atoms with Gasteiger partial charge in [-0.1, -0.05) is 0 Å². The highest BCUT2D eigenvalue weighted by atomic mass is 19.4. The van der Waals surface area contributed by atoms with Crippen molar-refractivity contribution in [3.8, 4) is 5.75 Å². The monoisotopic (exact) mass is 376 g/mol. The average molecular weight is 376 g/mol. The number of rotatable bonds is 7. The number of hydrogen-bond donors (Lipinski definition) is 2. The number of alkyl halides is 3. The molecule has 0 unspecified atom stereocenters. The fourth-order valence-corrected chi connectivity index (χ4v) is 2.65. The van der Waals surface area contributed by atoms with Crippen LogP contribution < -0.4 is 10.1 Å². The maximum Gasteiger partial charge on any atom is 0.490 e. The summed E-state index contributed by atoms with van der Waals surface area (Å²) in [6.07, 6.45) is 2.34. The van der Waals surface area contributed by atoms with Crippen LogP contribution >= 0.6 is 0 Å². The summed E-state index contributed by atoms with van der Waals surface area (Å²) >= 11 is 0. The van der Waals surface area contributed by atoms with Crippen LogP contribution in [0.1, 0.15) is 30.7 Å². The summed E-state index contributed by atoms with van der Waals surface area (Å²) in [5.41, 5.74) is 1.32. The van der Waals surface area contributed by atoms with Crippen molar-refractivity contribution in [2.24, 2.45) is 5.92 Å². The maximum atomic E-state index is 10.6. The Bertz CT molecular complexity index is 594. The zero-order valence-electron chi connectivity index (χ0n) is 14.5. The molecule has 1 saturated carbocycles. The topological polar surface area (TPSA) is 80.7 Å². The number of aromatic nitrogens is 1. The summed E-state index contributed by atoms with van der Waals surface area (Å²) in [5, 5.41) is 10.5. The lowest BCUT2D eigenvalue weighted by Gasteiger charge is -2.27. The number of nitrogens with zero attached hydrogens (tertiary/aromatic N) is 1. The van der Waals surface area contributed by atoms with Crippen molar-refractivity contribution in [3.63, 3.8) is 0 Å². The number of nitrogens with one attached hydrogen (secondary N) is 1. The van der Waals surface area contributed by atoms with E-state index in [0.717, 1.165) is 37.8 Å². The van der Waals surface area contributed by atoms with Gasteiger partial charge in [-0.05, 0) is 49.3 Å². The molecule has 146 valence electrons. The van der Waals surface area contributed by atoms with Crippen molar-refractivity contribution in [1.82, 2.24) is 10.3 Å². The summed E-state index contributed by atoms with van der Waals surface area (Å²) in [6.45, 7) is 2.73. The minimum absolute atomic E-state index is 0.527. The van der Waals surface area contributed by atoms with E-state index < -0.39 is 12.1 Å². The van der Waals surface area contributed by atoms with Crippen molar-refractivity contribution in [3.05, 3.63) is 24.0 Å². The molecule has 1 aromatic heterocycles. The van der Waals surface area contributed by atoms with Crippen molar-refractivity contribution in [1.29, 1.82) is 0 Å². The van der Waals surface area contributed by atoms with Gasteiger partial charge in [0.25, 0.3) is 0 Å². The molecule has 1 aliphatic carbocycles. The largest absolute Gasteiger partial charge is 0.490 e. The Morgan fingerprint density at radius 3 is 2.65 bits per heavy atom. The molecular weight excluding hydrogens is 353 g/mol. The lowest BCUT2D eigenvalue weighted by molar-refractivity contribution is -0.192. The van der Waals surface area contributed by atoms with E-state index in [1.165, 1.54) is 18.4 Å². The molecule has 3 atom stereocenters. The average Bonchev–Trinajstić information content (AvgIpc) is 3.31. The predicted molar refractivity (Wildman–Crippen MR) is 87.2 cm³/mol. The zero-order chi connectivity index (χ0) is 19.2. The highest BCUT2D eigenvalue weighted by Crippen LogP contribution is 2.49. The third-order valence-corrected chi connectivity index (χ3v) is 4.40. The molecule has 1 saturated heterocycles. The molecule has 0 amide bonds. The third-order valence-electron chi connectivity index (χ3n) is 4.40. The van der Waals surface area contributed by atoms with E-state index in [9.17, 15) is 13.2 Å². The number of carbonyl (C=O) groups is 1. The van der Waals surface area contributed by atoms with Crippen molar-refractivity contribution in [2.75, 3.05) is 26.9 Å². The molecule has 0 aromatic carbocycles. The van der Waals surface area contributed by atoms with Crippen LogP contribution in [0.3, 0.4) is 0 Å². The van der Waals surface area contributed by atoms with E-state index in [2.05, 4.69) is 16.4 Å². The summed E-state index contributed by atoms with van der Waals surface area (Å²) in [4.78, 5) is 13.2. The van der Waals surface area contributed by atoms with Gasteiger partial charge < -0.3 is 19.9 Å². The van der Waals surface area contributed by atoms with E-state index in [1.54, 1.807) is 7.11 Å². The van der Waals surface area contributed by atoms with Gasteiger partial charge in [-0.15, -0.1) is 0 Å². The fourth-order valence-electron chi connectivity index (χ4n) is 2.65. The van der Waals surface area contributed by atoms with Crippen LogP contribution in [0.5, 0.6) is 5.75 Å².